The van der Waals surface area contributed by atoms with Gasteiger partial charge in [0, 0.05) is 24.8 Å². The van der Waals surface area contributed by atoms with E-state index in [1.165, 1.54) is 12.1 Å². The number of carbonyl (C=O) groups excluding carboxylic acids is 1. The van der Waals surface area contributed by atoms with Crippen molar-refractivity contribution in [1.82, 2.24) is 24.9 Å². The van der Waals surface area contributed by atoms with Crippen LogP contribution in [0.4, 0.5) is 4.39 Å². The fourth-order valence-electron chi connectivity index (χ4n) is 3.93. The highest BCUT2D eigenvalue weighted by atomic mass is 19.1. The topological polar surface area (TPSA) is 66.8 Å². The Balaban J connectivity index is 1.34. The third-order valence-electron chi connectivity index (χ3n) is 5.75. The number of aromatic amines is 1. The van der Waals surface area contributed by atoms with E-state index >= 15 is 0 Å². The van der Waals surface area contributed by atoms with Crippen molar-refractivity contribution >= 4 is 5.91 Å². The molecule has 0 unspecified atom stereocenters. The molecule has 0 fully saturated rings. The number of aryl methyl sites for hydroxylation is 1. The molecule has 1 amide bonds. The number of nitrogens with one attached hydrogen (secondary N) is 1. The van der Waals surface area contributed by atoms with Gasteiger partial charge in [-0.25, -0.2) is 4.39 Å². The Kier molecular flexibility index (Phi) is 6.98. The Morgan fingerprint density at radius 3 is 2.61 bits per heavy atom. The quantitative estimate of drug-likeness (QED) is 0.405. The van der Waals surface area contributed by atoms with E-state index in [1.807, 2.05) is 42.9 Å². The third-order valence-corrected chi connectivity index (χ3v) is 5.75. The first kappa shape index (κ1) is 22.5. The van der Waals surface area contributed by atoms with E-state index < -0.39 is 0 Å². The van der Waals surface area contributed by atoms with Gasteiger partial charge in [-0.15, -0.1) is 0 Å². The number of H-pyrrole nitrogens is 1. The maximum Gasteiger partial charge on any atom is 0.257 e. The van der Waals surface area contributed by atoms with E-state index in [9.17, 15) is 9.18 Å². The van der Waals surface area contributed by atoms with Gasteiger partial charge in [-0.3, -0.25) is 14.6 Å². The van der Waals surface area contributed by atoms with Gasteiger partial charge in [0.1, 0.15) is 5.82 Å². The second kappa shape index (κ2) is 10.3. The minimum absolute atomic E-state index is 0.0113. The van der Waals surface area contributed by atoms with E-state index in [0.29, 0.717) is 18.7 Å². The zero-order valence-electron chi connectivity index (χ0n) is 19.0. The van der Waals surface area contributed by atoms with E-state index in [2.05, 4.69) is 27.4 Å². The van der Waals surface area contributed by atoms with Crippen LogP contribution in [-0.2, 0) is 19.4 Å². The normalized spacial score (nSPS) is 11.0. The summed E-state index contributed by atoms with van der Waals surface area (Å²) in [6.07, 6.45) is 3.99. The van der Waals surface area contributed by atoms with Crippen LogP contribution in [0.3, 0.4) is 0 Å². The van der Waals surface area contributed by atoms with Gasteiger partial charge in [0.25, 0.3) is 5.91 Å². The maximum atomic E-state index is 13.1. The van der Waals surface area contributed by atoms with Gasteiger partial charge >= 0.3 is 0 Å². The van der Waals surface area contributed by atoms with Crippen molar-refractivity contribution in [3.05, 3.63) is 95.2 Å². The summed E-state index contributed by atoms with van der Waals surface area (Å²) < 4.78 is 15.0. The highest BCUT2D eigenvalue weighted by Gasteiger charge is 2.19. The van der Waals surface area contributed by atoms with Crippen LogP contribution in [0.15, 0.2) is 66.9 Å². The van der Waals surface area contributed by atoms with Gasteiger partial charge in [0.15, 0.2) is 0 Å². The molecule has 2 heterocycles. The van der Waals surface area contributed by atoms with Gasteiger partial charge < -0.3 is 4.90 Å². The summed E-state index contributed by atoms with van der Waals surface area (Å²) in [7, 11) is 1.83. The number of carbonyl (C=O) groups is 1. The van der Waals surface area contributed by atoms with Gasteiger partial charge in [-0.1, -0.05) is 37.3 Å². The Morgan fingerprint density at radius 2 is 1.88 bits per heavy atom. The minimum atomic E-state index is -0.265. The highest BCUT2D eigenvalue weighted by Crippen LogP contribution is 2.19. The molecule has 7 heteroatoms. The first-order valence-corrected chi connectivity index (χ1v) is 11.2. The molecule has 33 heavy (non-hydrogen) atoms. The lowest BCUT2D eigenvalue weighted by molar-refractivity contribution is 0.0792. The van der Waals surface area contributed by atoms with Gasteiger partial charge in [-0.2, -0.15) is 10.2 Å². The number of halogens is 1. The van der Waals surface area contributed by atoms with E-state index in [4.69, 9.17) is 0 Å². The lowest BCUT2D eigenvalue weighted by Gasteiger charge is -2.17. The lowest BCUT2D eigenvalue weighted by atomic mass is 10.1. The smallest absolute Gasteiger partial charge is 0.257 e. The largest absolute Gasteiger partial charge is 0.342 e. The van der Waals surface area contributed by atoms with E-state index in [-0.39, 0.29) is 11.7 Å². The molecular weight excluding hydrogens is 417 g/mol. The van der Waals surface area contributed by atoms with Crippen LogP contribution in [0.2, 0.25) is 0 Å². The number of benzene rings is 2. The molecule has 0 bridgehead atoms. The van der Waals surface area contributed by atoms with Crippen molar-refractivity contribution in [2.75, 3.05) is 13.6 Å². The average Bonchev–Trinajstić information content (AvgIpc) is 3.46. The summed E-state index contributed by atoms with van der Waals surface area (Å²) in [6.45, 7) is 3.32. The van der Waals surface area contributed by atoms with Crippen LogP contribution >= 0.6 is 0 Å². The predicted molar refractivity (Wildman–Crippen MR) is 126 cm³/mol. The molecule has 0 radical (unpaired) electrons. The summed E-state index contributed by atoms with van der Waals surface area (Å²) in [5.74, 6) is -0.276. The van der Waals surface area contributed by atoms with Crippen molar-refractivity contribution in [2.45, 2.75) is 32.7 Å². The molecule has 0 saturated heterocycles. The number of aromatic nitrogens is 4. The summed E-state index contributed by atoms with van der Waals surface area (Å²) in [5, 5.41) is 11.8. The van der Waals surface area contributed by atoms with Crippen molar-refractivity contribution in [1.29, 1.82) is 0 Å². The molecule has 6 nitrogen and oxygen atoms in total. The van der Waals surface area contributed by atoms with Crippen LogP contribution in [0, 0.1) is 5.82 Å². The Hall–Kier alpha value is -3.74. The number of nitrogens with zero attached hydrogens (tertiary/aromatic N) is 4. The fourth-order valence-corrected chi connectivity index (χ4v) is 3.93. The molecule has 0 aliphatic heterocycles. The third kappa shape index (κ3) is 5.37. The van der Waals surface area contributed by atoms with Crippen LogP contribution in [0.25, 0.3) is 11.3 Å². The number of rotatable bonds is 9. The minimum Gasteiger partial charge on any atom is -0.342 e. The maximum absolute atomic E-state index is 13.1. The summed E-state index contributed by atoms with van der Waals surface area (Å²) in [6, 6.07) is 18.4. The molecule has 170 valence electrons. The Bertz CT molecular complexity index is 1200. The molecule has 0 saturated carbocycles. The Labute approximate surface area is 193 Å². The first-order chi connectivity index (χ1) is 16.0. The van der Waals surface area contributed by atoms with Crippen molar-refractivity contribution in [3.8, 4) is 11.3 Å². The van der Waals surface area contributed by atoms with Gasteiger partial charge in [-0.05, 0) is 55.2 Å². The summed E-state index contributed by atoms with van der Waals surface area (Å²) in [4.78, 5) is 14.8. The fraction of sp³-hybridized carbons (Fsp3) is 0.269. The molecule has 1 N–H and O–H groups in total. The van der Waals surface area contributed by atoms with Crippen LogP contribution in [-0.4, -0.2) is 44.4 Å². The first-order valence-electron chi connectivity index (χ1n) is 11.2. The molecule has 4 rings (SSSR count). The molecule has 2 aromatic carbocycles. The highest BCUT2D eigenvalue weighted by molar-refractivity contribution is 5.95. The summed E-state index contributed by atoms with van der Waals surface area (Å²) >= 11 is 0. The standard InChI is InChI=1S/C26H28FN5O/c1-3-25-23(17-28-32(25)18-19-8-5-4-6-9-19)26(33)31(2)15-7-10-22-16-24(30-29-22)20-11-13-21(27)14-12-20/h4-6,8-9,11-14,16-17H,3,7,10,15,18H2,1-2H3,(H,29,30). The molecule has 4 aromatic rings. The number of amides is 1. The summed E-state index contributed by atoms with van der Waals surface area (Å²) in [5.41, 5.74) is 5.41. The molecule has 0 atom stereocenters. The van der Waals surface area contributed by atoms with Crippen molar-refractivity contribution in [3.63, 3.8) is 0 Å². The van der Waals surface area contributed by atoms with Crippen LogP contribution in [0.5, 0.6) is 0 Å². The van der Waals surface area contributed by atoms with Crippen molar-refractivity contribution < 1.29 is 9.18 Å². The van der Waals surface area contributed by atoms with Gasteiger partial charge in [0.05, 0.1) is 29.7 Å². The van der Waals surface area contributed by atoms with Crippen molar-refractivity contribution in [2.24, 2.45) is 0 Å². The predicted octanol–water partition coefficient (Wildman–Crippen LogP) is 4.73. The van der Waals surface area contributed by atoms with Crippen LogP contribution in [0.1, 0.15) is 40.7 Å². The zero-order valence-corrected chi connectivity index (χ0v) is 19.0. The molecule has 0 aliphatic carbocycles. The second-order valence-corrected chi connectivity index (χ2v) is 8.12. The zero-order chi connectivity index (χ0) is 23.2. The number of hydrogen-bond donors (Lipinski definition) is 1. The van der Waals surface area contributed by atoms with E-state index in [1.54, 1.807) is 23.2 Å². The average molecular weight is 446 g/mol. The van der Waals surface area contributed by atoms with Crippen LogP contribution < -0.4 is 0 Å². The van der Waals surface area contributed by atoms with E-state index in [0.717, 1.165) is 47.5 Å². The molecule has 2 aromatic heterocycles. The number of hydrogen-bond acceptors (Lipinski definition) is 3. The molecular formula is C26H28FN5O. The monoisotopic (exact) mass is 445 g/mol. The SMILES string of the molecule is CCc1c(C(=O)N(C)CCCc2cc(-c3ccc(F)cc3)n[nH]2)cnn1Cc1ccccc1. The molecule has 0 spiro atoms. The lowest BCUT2D eigenvalue weighted by Crippen LogP contribution is -2.28. The molecule has 0 aliphatic rings. The van der Waals surface area contributed by atoms with Gasteiger partial charge in [0.2, 0.25) is 0 Å². The Morgan fingerprint density at radius 1 is 1.12 bits per heavy atom. The second-order valence-electron chi connectivity index (χ2n) is 8.12.